The molecule has 33 heavy (non-hydrogen) atoms. The molecule has 1 unspecified atom stereocenters. The average Bonchev–Trinajstić information content (AvgIpc) is 3.49. The van der Waals surface area contributed by atoms with Gasteiger partial charge in [-0.2, -0.15) is 5.26 Å². The molecule has 1 saturated heterocycles. The lowest BCUT2D eigenvalue weighted by atomic mass is 10.1. The Morgan fingerprint density at radius 3 is 2.67 bits per heavy atom. The summed E-state index contributed by atoms with van der Waals surface area (Å²) in [7, 11) is 0. The Morgan fingerprint density at radius 2 is 1.94 bits per heavy atom. The monoisotopic (exact) mass is 461 g/mol. The first kappa shape index (κ1) is 21.2. The lowest BCUT2D eigenvalue weighted by Gasteiger charge is -2.15. The fourth-order valence-corrected chi connectivity index (χ4v) is 4.35. The topological polar surface area (TPSA) is 94.8 Å². The van der Waals surface area contributed by atoms with Crippen LogP contribution in [0.15, 0.2) is 64.4 Å². The maximum atomic E-state index is 13.5. The van der Waals surface area contributed by atoms with Gasteiger partial charge in [0.1, 0.15) is 0 Å². The molecule has 0 amide bonds. The molecule has 1 atom stereocenters. The van der Waals surface area contributed by atoms with Gasteiger partial charge in [-0.1, -0.05) is 29.8 Å². The molecule has 2 aromatic heterocycles. The van der Waals surface area contributed by atoms with Crippen molar-refractivity contribution in [1.29, 1.82) is 5.26 Å². The molecule has 1 fully saturated rings. The summed E-state index contributed by atoms with van der Waals surface area (Å²) in [6.45, 7) is 1.06. The number of halogens is 1. The highest BCUT2D eigenvalue weighted by Crippen LogP contribution is 2.19. The van der Waals surface area contributed by atoms with E-state index in [1.807, 2.05) is 12.1 Å². The second kappa shape index (κ2) is 8.70. The molecule has 1 aliphatic heterocycles. The van der Waals surface area contributed by atoms with E-state index in [2.05, 4.69) is 11.1 Å². The minimum Gasteiger partial charge on any atom is -0.376 e. The smallest absolute Gasteiger partial charge is 0.337 e. The van der Waals surface area contributed by atoms with Crippen LogP contribution < -0.4 is 11.2 Å². The predicted molar refractivity (Wildman–Crippen MR) is 124 cm³/mol. The number of fused-ring (bicyclic) bond motifs is 1. The molecule has 0 bridgehead atoms. The summed E-state index contributed by atoms with van der Waals surface area (Å²) in [6.07, 6.45) is 3.03. The summed E-state index contributed by atoms with van der Waals surface area (Å²) in [4.78, 5) is 31.5. The maximum Gasteiger partial charge on any atom is 0.337 e. The molecule has 0 radical (unpaired) electrons. The molecule has 0 saturated carbocycles. The Hall–Kier alpha value is -3.67. The molecule has 0 spiro atoms. The fraction of sp³-hybridized carbons (Fsp3) is 0.250. The first-order chi connectivity index (χ1) is 16.1. The highest BCUT2D eigenvalue weighted by molar-refractivity contribution is 6.30. The second-order valence-corrected chi connectivity index (χ2v) is 8.40. The summed E-state index contributed by atoms with van der Waals surface area (Å²) in [6, 6.07) is 16.2. The number of rotatable bonds is 5. The molecule has 2 aromatic carbocycles. The van der Waals surface area contributed by atoms with Crippen molar-refractivity contribution in [2.75, 3.05) is 6.61 Å². The van der Waals surface area contributed by atoms with Crippen LogP contribution in [-0.4, -0.2) is 31.4 Å². The molecule has 1 aliphatic rings. The van der Waals surface area contributed by atoms with E-state index in [0.717, 1.165) is 18.4 Å². The number of hydrogen-bond donors (Lipinski definition) is 0. The Kier molecular flexibility index (Phi) is 5.58. The standard InChI is InChI=1S/C24H20ClN5O3/c25-18-7-9-19(10-8-18)30-22-21(23(31)29(24(30)32)14-20-6-3-11-33-20)28(15-27-22)13-17-5-2-1-4-16(17)12-26/h1-2,4-5,7-10,15,20H,3,6,11,13-14H2. The van der Waals surface area contributed by atoms with E-state index in [1.165, 1.54) is 15.5 Å². The van der Waals surface area contributed by atoms with Crippen molar-refractivity contribution in [2.24, 2.45) is 0 Å². The first-order valence-corrected chi connectivity index (χ1v) is 11.0. The van der Waals surface area contributed by atoms with Crippen LogP contribution in [0.4, 0.5) is 0 Å². The number of ether oxygens (including phenoxy) is 1. The average molecular weight is 462 g/mol. The van der Waals surface area contributed by atoms with Crippen LogP contribution in [0.2, 0.25) is 5.02 Å². The third-order valence-corrected chi connectivity index (χ3v) is 6.13. The van der Waals surface area contributed by atoms with Gasteiger partial charge in [-0.3, -0.25) is 9.36 Å². The molecule has 3 heterocycles. The van der Waals surface area contributed by atoms with E-state index in [0.29, 0.717) is 22.9 Å². The lowest BCUT2D eigenvalue weighted by molar-refractivity contribution is 0.0950. The molecule has 0 aliphatic carbocycles. The summed E-state index contributed by atoms with van der Waals surface area (Å²) in [5.41, 5.74) is 1.47. The normalized spacial score (nSPS) is 15.7. The zero-order valence-electron chi connectivity index (χ0n) is 17.6. The van der Waals surface area contributed by atoms with E-state index in [9.17, 15) is 14.9 Å². The van der Waals surface area contributed by atoms with Gasteiger partial charge in [-0.25, -0.2) is 14.3 Å². The molecule has 9 heteroatoms. The minimum atomic E-state index is -0.479. The summed E-state index contributed by atoms with van der Waals surface area (Å²) in [5, 5.41) is 10.00. The van der Waals surface area contributed by atoms with E-state index < -0.39 is 11.2 Å². The number of hydrogen-bond acceptors (Lipinski definition) is 5. The fourth-order valence-electron chi connectivity index (χ4n) is 4.23. The highest BCUT2D eigenvalue weighted by Gasteiger charge is 2.23. The Balaban J connectivity index is 1.73. The SMILES string of the molecule is N#Cc1ccccc1Cn1cnc2c1c(=O)n(CC1CCCO1)c(=O)n2-c1ccc(Cl)cc1. The van der Waals surface area contributed by atoms with Gasteiger partial charge in [-0.05, 0) is 48.7 Å². The number of nitriles is 1. The minimum absolute atomic E-state index is 0.168. The first-order valence-electron chi connectivity index (χ1n) is 10.6. The van der Waals surface area contributed by atoms with Gasteiger partial charge in [0, 0.05) is 11.6 Å². The van der Waals surface area contributed by atoms with Crippen molar-refractivity contribution < 1.29 is 4.74 Å². The summed E-state index contributed by atoms with van der Waals surface area (Å²) < 4.78 is 10.0. The quantitative estimate of drug-likeness (QED) is 0.455. The molecular weight excluding hydrogens is 442 g/mol. The molecule has 5 rings (SSSR count). The molecule has 8 nitrogen and oxygen atoms in total. The number of imidazole rings is 1. The van der Waals surface area contributed by atoms with Crippen LogP contribution in [0.25, 0.3) is 16.9 Å². The third kappa shape index (κ3) is 3.86. The van der Waals surface area contributed by atoms with Gasteiger partial charge in [0.15, 0.2) is 11.2 Å². The highest BCUT2D eigenvalue weighted by atomic mass is 35.5. The third-order valence-electron chi connectivity index (χ3n) is 5.87. The van der Waals surface area contributed by atoms with E-state index in [4.69, 9.17) is 16.3 Å². The maximum absolute atomic E-state index is 13.5. The van der Waals surface area contributed by atoms with Crippen molar-refractivity contribution in [2.45, 2.75) is 32.0 Å². The van der Waals surface area contributed by atoms with Gasteiger partial charge in [0.2, 0.25) is 0 Å². The van der Waals surface area contributed by atoms with Gasteiger partial charge in [-0.15, -0.1) is 0 Å². The van der Waals surface area contributed by atoms with Crippen LogP contribution in [0.5, 0.6) is 0 Å². The Morgan fingerprint density at radius 1 is 1.15 bits per heavy atom. The van der Waals surface area contributed by atoms with Gasteiger partial charge in [0.25, 0.3) is 5.56 Å². The van der Waals surface area contributed by atoms with E-state index >= 15 is 0 Å². The lowest BCUT2D eigenvalue weighted by Crippen LogP contribution is -2.42. The van der Waals surface area contributed by atoms with Crippen LogP contribution in [-0.2, 0) is 17.8 Å². The number of aromatic nitrogens is 4. The summed E-state index contributed by atoms with van der Waals surface area (Å²) in [5.74, 6) is 0. The van der Waals surface area contributed by atoms with Crippen molar-refractivity contribution >= 4 is 22.8 Å². The Labute approximate surface area is 193 Å². The van der Waals surface area contributed by atoms with Crippen LogP contribution in [0, 0.1) is 11.3 Å². The largest absolute Gasteiger partial charge is 0.376 e. The number of nitrogens with zero attached hydrogens (tertiary/aromatic N) is 5. The van der Waals surface area contributed by atoms with Crippen molar-refractivity contribution in [3.05, 3.63) is 91.8 Å². The zero-order chi connectivity index (χ0) is 22.9. The molecule has 4 aromatic rings. The predicted octanol–water partition coefficient (Wildman–Crippen LogP) is 3.10. The Bertz CT molecular complexity index is 1490. The van der Waals surface area contributed by atoms with Crippen molar-refractivity contribution in [3.8, 4) is 11.8 Å². The van der Waals surface area contributed by atoms with Crippen molar-refractivity contribution in [1.82, 2.24) is 18.7 Å². The molecular formula is C24H20ClN5O3. The van der Waals surface area contributed by atoms with Crippen LogP contribution in [0.3, 0.4) is 0 Å². The van der Waals surface area contributed by atoms with Crippen LogP contribution in [0.1, 0.15) is 24.0 Å². The zero-order valence-corrected chi connectivity index (χ0v) is 18.4. The van der Waals surface area contributed by atoms with E-state index in [-0.39, 0.29) is 30.4 Å². The molecule has 0 N–H and O–H groups in total. The van der Waals surface area contributed by atoms with Crippen molar-refractivity contribution in [3.63, 3.8) is 0 Å². The second-order valence-electron chi connectivity index (χ2n) is 7.96. The van der Waals surface area contributed by atoms with E-state index in [1.54, 1.807) is 41.0 Å². The molecule has 166 valence electrons. The van der Waals surface area contributed by atoms with Crippen LogP contribution >= 0.6 is 11.6 Å². The van der Waals surface area contributed by atoms with Gasteiger partial charge < -0.3 is 9.30 Å². The van der Waals surface area contributed by atoms with Gasteiger partial charge in [0.05, 0.1) is 42.8 Å². The van der Waals surface area contributed by atoms with Gasteiger partial charge >= 0.3 is 5.69 Å². The number of benzene rings is 2. The summed E-state index contributed by atoms with van der Waals surface area (Å²) >= 11 is 6.04.